The van der Waals surface area contributed by atoms with Crippen molar-refractivity contribution in [2.24, 2.45) is 4.99 Å². The van der Waals surface area contributed by atoms with Crippen LogP contribution in [-0.4, -0.2) is 36.3 Å². The molecule has 0 aliphatic carbocycles. The van der Waals surface area contributed by atoms with E-state index in [1.54, 1.807) is 0 Å². The number of rotatable bonds is 3. The van der Waals surface area contributed by atoms with Crippen LogP contribution in [-0.2, 0) is 4.79 Å². The van der Waals surface area contributed by atoms with E-state index in [0.717, 1.165) is 40.1 Å². The third kappa shape index (κ3) is 3.33. The highest BCUT2D eigenvalue weighted by Crippen LogP contribution is 2.32. The number of fused-ring (bicyclic) bond motifs is 1. The standard InChI is InChI=1S/C21H22BrN3O/c1-15-9-10-16(13-18(15)22)23-20-17-7-3-4-8-19(17)25(21(20)26)14-24-11-5-2-6-12-24/h3-4,7-10,13H,2,5-6,11-12,14H2,1H3. The van der Waals surface area contributed by atoms with Crippen LogP contribution in [0.4, 0.5) is 11.4 Å². The molecule has 0 atom stereocenters. The summed E-state index contributed by atoms with van der Waals surface area (Å²) in [5.74, 6) is -0.00605. The van der Waals surface area contributed by atoms with Crippen LogP contribution in [0.3, 0.4) is 0 Å². The van der Waals surface area contributed by atoms with Gasteiger partial charge in [0, 0.05) is 10.0 Å². The number of hydrogen-bond donors (Lipinski definition) is 0. The lowest BCUT2D eigenvalue weighted by molar-refractivity contribution is -0.112. The Balaban J connectivity index is 1.68. The van der Waals surface area contributed by atoms with E-state index in [4.69, 9.17) is 4.99 Å². The van der Waals surface area contributed by atoms with E-state index in [-0.39, 0.29) is 5.91 Å². The average Bonchev–Trinajstić information content (AvgIpc) is 2.92. The first-order valence-corrected chi connectivity index (χ1v) is 9.91. The van der Waals surface area contributed by atoms with Crippen LogP contribution in [0.5, 0.6) is 0 Å². The summed E-state index contributed by atoms with van der Waals surface area (Å²) in [5, 5.41) is 0. The number of nitrogens with zero attached hydrogens (tertiary/aromatic N) is 3. The molecule has 5 heteroatoms. The number of anilines is 1. The van der Waals surface area contributed by atoms with Gasteiger partial charge in [0.1, 0.15) is 5.71 Å². The fourth-order valence-electron chi connectivity index (χ4n) is 3.59. The molecule has 0 N–H and O–H groups in total. The van der Waals surface area contributed by atoms with Gasteiger partial charge >= 0.3 is 0 Å². The molecule has 0 unspecified atom stereocenters. The normalized spacial score (nSPS) is 19.2. The Labute approximate surface area is 162 Å². The number of aliphatic imine (C=N–C) groups is 1. The van der Waals surface area contributed by atoms with Crippen molar-refractivity contribution in [2.75, 3.05) is 24.7 Å². The second-order valence-corrected chi connectivity index (χ2v) is 7.82. The van der Waals surface area contributed by atoms with E-state index in [0.29, 0.717) is 12.4 Å². The Kier molecular flexibility index (Phi) is 4.92. The minimum Gasteiger partial charge on any atom is -0.293 e. The number of para-hydroxylation sites is 1. The molecule has 26 heavy (non-hydrogen) atoms. The number of benzene rings is 2. The minimum absolute atomic E-state index is 0.00605. The number of piperidine rings is 1. The van der Waals surface area contributed by atoms with Crippen LogP contribution in [0.1, 0.15) is 30.4 Å². The first-order chi connectivity index (χ1) is 12.6. The summed E-state index contributed by atoms with van der Waals surface area (Å²) in [6.45, 7) is 4.80. The summed E-state index contributed by atoms with van der Waals surface area (Å²) in [7, 11) is 0. The van der Waals surface area contributed by atoms with Gasteiger partial charge in [-0.1, -0.05) is 46.6 Å². The van der Waals surface area contributed by atoms with Gasteiger partial charge in [0.2, 0.25) is 0 Å². The van der Waals surface area contributed by atoms with Gasteiger partial charge < -0.3 is 0 Å². The van der Waals surface area contributed by atoms with Gasteiger partial charge in [-0.25, -0.2) is 4.99 Å². The number of carbonyl (C=O) groups excluding carboxylic acids is 1. The number of halogens is 1. The SMILES string of the molecule is Cc1ccc(N=C2C(=O)N(CN3CCCCC3)c3ccccc32)cc1Br. The van der Waals surface area contributed by atoms with Crippen LogP contribution in [0, 0.1) is 6.92 Å². The van der Waals surface area contributed by atoms with Crippen molar-refractivity contribution in [1.29, 1.82) is 0 Å². The van der Waals surface area contributed by atoms with Gasteiger partial charge in [0.15, 0.2) is 0 Å². The summed E-state index contributed by atoms with van der Waals surface area (Å²) in [6.07, 6.45) is 3.71. The molecular formula is C21H22BrN3O. The van der Waals surface area contributed by atoms with Crippen molar-refractivity contribution >= 4 is 38.9 Å². The van der Waals surface area contributed by atoms with Crippen LogP contribution < -0.4 is 4.90 Å². The van der Waals surface area contributed by atoms with Crippen LogP contribution in [0.25, 0.3) is 0 Å². The van der Waals surface area contributed by atoms with E-state index in [1.807, 2.05) is 54.3 Å². The quantitative estimate of drug-likeness (QED) is 0.735. The number of amides is 1. The first-order valence-electron chi connectivity index (χ1n) is 9.12. The molecule has 4 nitrogen and oxygen atoms in total. The number of aryl methyl sites for hydroxylation is 1. The molecule has 2 heterocycles. The smallest absolute Gasteiger partial charge is 0.278 e. The second kappa shape index (κ2) is 7.33. The van der Waals surface area contributed by atoms with E-state index in [1.165, 1.54) is 19.3 Å². The van der Waals surface area contributed by atoms with Gasteiger partial charge in [0.25, 0.3) is 5.91 Å². The molecule has 0 spiro atoms. The molecule has 2 aliphatic heterocycles. The molecule has 1 saturated heterocycles. The zero-order valence-corrected chi connectivity index (χ0v) is 16.5. The lowest BCUT2D eigenvalue weighted by atomic mass is 10.1. The van der Waals surface area contributed by atoms with Crippen molar-refractivity contribution in [3.63, 3.8) is 0 Å². The highest BCUT2D eigenvalue weighted by Gasteiger charge is 2.34. The molecule has 0 radical (unpaired) electrons. The van der Waals surface area contributed by atoms with Gasteiger partial charge in [-0.3, -0.25) is 14.6 Å². The summed E-state index contributed by atoms with van der Waals surface area (Å²) in [4.78, 5) is 22.1. The molecule has 1 fully saturated rings. The zero-order valence-electron chi connectivity index (χ0n) is 14.9. The minimum atomic E-state index is -0.00605. The molecule has 4 rings (SSSR count). The third-order valence-corrected chi connectivity index (χ3v) is 5.94. The van der Waals surface area contributed by atoms with Crippen molar-refractivity contribution in [1.82, 2.24) is 4.90 Å². The average molecular weight is 412 g/mol. The fraction of sp³-hybridized carbons (Fsp3) is 0.333. The maximum Gasteiger partial charge on any atom is 0.278 e. The van der Waals surface area contributed by atoms with Gasteiger partial charge in [-0.05, 0) is 56.6 Å². The number of hydrogen-bond acceptors (Lipinski definition) is 3. The van der Waals surface area contributed by atoms with Crippen LogP contribution in [0.2, 0.25) is 0 Å². The molecule has 0 bridgehead atoms. The Morgan fingerprint density at radius 3 is 2.62 bits per heavy atom. The summed E-state index contributed by atoms with van der Waals surface area (Å²) >= 11 is 3.55. The molecule has 0 aromatic heterocycles. The number of carbonyl (C=O) groups is 1. The lowest BCUT2D eigenvalue weighted by Gasteiger charge is -2.30. The van der Waals surface area contributed by atoms with Crippen LogP contribution >= 0.6 is 15.9 Å². The summed E-state index contributed by atoms with van der Waals surface area (Å²) in [6, 6.07) is 13.9. The topological polar surface area (TPSA) is 35.9 Å². The predicted octanol–water partition coefficient (Wildman–Crippen LogP) is 4.67. The monoisotopic (exact) mass is 411 g/mol. The van der Waals surface area contributed by atoms with Crippen molar-refractivity contribution in [3.8, 4) is 0 Å². The molecule has 2 aliphatic rings. The van der Waals surface area contributed by atoms with E-state index >= 15 is 0 Å². The maximum absolute atomic E-state index is 13.1. The Hall–Kier alpha value is -1.98. The second-order valence-electron chi connectivity index (χ2n) is 6.96. The first kappa shape index (κ1) is 17.4. The molecular weight excluding hydrogens is 390 g/mol. The van der Waals surface area contributed by atoms with E-state index in [9.17, 15) is 4.79 Å². The van der Waals surface area contributed by atoms with E-state index < -0.39 is 0 Å². The maximum atomic E-state index is 13.1. The highest BCUT2D eigenvalue weighted by atomic mass is 79.9. The van der Waals surface area contributed by atoms with Gasteiger partial charge in [-0.15, -0.1) is 0 Å². The Bertz CT molecular complexity index is 871. The fourth-order valence-corrected chi connectivity index (χ4v) is 3.96. The molecule has 0 saturated carbocycles. The van der Waals surface area contributed by atoms with Crippen molar-refractivity contribution in [2.45, 2.75) is 26.2 Å². The Morgan fingerprint density at radius 1 is 1.08 bits per heavy atom. The third-order valence-electron chi connectivity index (χ3n) is 5.08. The predicted molar refractivity (Wildman–Crippen MR) is 109 cm³/mol. The van der Waals surface area contributed by atoms with Gasteiger partial charge in [-0.2, -0.15) is 0 Å². The largest absolute Gasteiger partial charge is 0.293 e. The molecule has 134 valence electrons. The van der Waals surface area contributed by atoms with E-state index in [2.05, 4.69) is 20.8 Å². The summed E-state index contributed by atoms with van der Waals surface area (Å²) < 4.78 is 1.00. The molecule has 2 aromatic carbocycles. The molecule has 1 amide bonds. The zero-order chi connectivity index (χ0) is 18.1. The Morgan fingerprint density at radius 2 is 1.85 bits per heavy atom. The van der Waals surface area contributed by atoms with Crippen molar-refractivity contribution < 1.29 is 4.79 Å². The molecule has 2 aromatic rings. The summed E-state index contributed by atoms with van der Waals surface area (Å²) in [5.41, 5.74) is 4.37. The lowest BCUT2D eigenvalue weighted by Crippen LogP contribution is -2.43. The number of likely N-dealkylation sites (tertiary alicyclic amines) is 1. The van der Waals surface area contributed by atoms with Crippen molar-refractivity contribution in [3.05, 3.63) is 58.1 Å². The highest BCUT2D eigenvalue weighted by molar-refractivity contribution is 9.10. The van der Waals surface area contributed by atoms with Gasteiger partial charge in [0.05, 0.1) is 18.0 Å². The van der Waals surface area contributed by atoms with Crippen LogP contribution in [0.15, 0.2) is 51.9 Å².